The minimum Gasteiger partial charge on any atom is -0.507 e. The Kier molecular flexibility index (Phi) is 8.25. The molecule has 4 aromatic carbocycles. The molecule has 194 valence electrons. The number of carbonyl (C=O) groups excluding carboxylic acids is 2. The third kappa shape index (κ3) is 6.29. The molecule has 0 aliphatic carbocycles. The standard InChI is InChI=1S/C30H29N3O5/c1-19-11-13-20(14-12-19)32-30(36)38-29(23-15-16-26(34)22-8-4-3-7-21(22)23)27(37-2)17-18-28(35)33-25-10-6-5-9-24(25)31/h3-18,27,29,34H,31H2,1-2H3,(H,32,36)(H,33,35)/b18-17+/t27-,29-/m0/s1. The molecule has 2 atom stereocenters. The van der Waals surface area contributed by atoms with Crippen LogP contribution in [0.15, 0.2) is 97.1 Å². The SMILES string of the molecule is CO[C@@H](/C=C/C(=O)Nc1ccccc1N)[C@@H](OC(=O)Nc1ccc(C)cc1)c1ccc(O)c2ccccc12. The Hall–Kier alpha value is -4.82. The summed E-state index contributed by atoms with van der Waals surface area (Å²) >= 11 is 0. The van der Waals surface area contributed by atoms with E-state index in [0.29, 0.717) is 33.4 Å². The number of nitrogens with one attached hydrogen (secondary N) is 2. The van der Waals surface area contributed by atoms with E-state index in [2.05, 4.69) is 10.6 Å². The highest BCUT2D eigenvalue weighted by Crippen LogP contribution is 2.35. The molecule has 4 rings (SSSR count). The summed E-state index contributed by atoms with van der Waals surface area (Å²) in [5.74, 6) is -0.333. The lowest BCUT2D eigenvalue weighted by atomic mass is 9.96. The highest BCUT2D eigenvalue weighted by molar-refractivity contribution is 6.01. The number of aromatic hydroxyl groups is 1. The van der Waals surface area contributed by atoms with Crippen LogP contribution in [0, 0.1) is 6.92 Å². The zero-order valence-electron chi connectivity index (χ0n) is 21.0. The summed E-state index contributed by atoms with van der Waals surface area (Å²) in [7, 11) is 1.46. The maximum absolute atomic E-state index is 13.0. The number of fused-ring (bicyclic) bond motifs is 1. The maximum atomic E-state index is 13.0. The van der Waals surface area contributed by atoms with Gasteiger partial charge in [0.05, 0.1) is 11.4 Å². The molecular weight excluding hydrogens is 482 g/mol. The normalized spacial score (nSPS) is 12.7. The first-order valence-electron chi connectivity index (χ1n) is 12.0. The van der Waals surface area contributed by atoms with Gasteiger partial charge < -0.3 is 25.6 Å². The Bertz CT molecular complexity index is 1470. The lowest BCUT2D eigenvalue weighted by molar-refractivity contribution is -0.112. The lowest BCUT2D eigenvalue weighted by Gasteiger charge is -2.26. The van der Waals surface area contributed by atoms with Crippen molar-refractivity contribution in [3.8, 4) is 5.75 Å². The van der Waals surface area contributed by atoms with E-state index in [4.69, 9.17) is 15.2 Å². The van der Waals surface area contributed by atoms with Crippen LogP contribution >= 0.6 is 0 Å². The van der Waals surface area contributed by atoms with E-state index in [0.717, 1.165) is 5.56 Å². The number of nitrogen functional groups attached to an aromatic ring is 1. The number of para-hydroxylation sites is 2. The summed E-state index contributed by atoms with van der Waals surface area (Å²) < 4.78 is 11.6. The number of aryl methyl sites for hydroxylation is 1. The molecule has 0 spiro atoms. The fourth-order valence-electron chi connectivity index (χ4n) is 4.03. The van der Waals surface area contributed by atoms with Crippen LogP contribution in [0.4, 0.5) is 21.9 Å². The van der Waals surface area contributed by atoms with Crippen LogP contribution in [0.1, 0.15) is 17.2 Å². The number of hydrogen-bond acceptors (Lipinski definition) is 6. The zero-order chi connectivity index (χ0) is 27.1. The van der Waals surface area contributed by atoms with Gasteiger partial charge in [-0.1, -0.05) is 60.2 Å². The van der Waals surface area contributed by atoms with E-state index in [1.807, 2.05) is 31.2 Å². The third-order valence-electron chi connectivity index (χ3n) is 6.00. The van der Waals surface area contributed by atoms with Gasteiger partial charge in [0.2, 0.25) is 5.91 Å². The zero-order valence-corrected chi connectivity index (χ0v) is 21.0. The number of hydrogen-bond donors (Lipinski definition) is 4. The number of carbonyl (C=O) groups is 2. The van der Waals surface area contributed by atoms with Gasteiger partial charge in [0.1, 0.15) is 11.9 Å². The van der Waals surface area contributed by atoms with Crippen molar-refractivity contribution in [2.24, 2.45) is 0 Å². The van der Waals surface area contributed by atoms with Gasteiger partial charge in [-0.3, -0.25) is 10.1 Å². The van der Waals surface area contributed by atoms with Gasteiger partial charge in [0.15, 0.2) is 6.10 Å². The smallest absolute Gasteiger partial charge is 0.412 e. The van der Waals surface area contributed by atoms with Gasteiger partial charge in [-0.05, 0) is 48.7 Å². The molecule has 0 heterocycles. The van der Waals surface area contributed by atoms with Gasteiger partial charge in [-0.15, -0.1) is 0 Å². The third-order valence-corrected chi connectivity index (χ3v) is 6.00. The average molecular weight is 512 g/mol. The van der Waals surface area contributed by atoms with Crippen LogP contribution in [-0.4, -0.2) is 30.3 Å². The molecule has 8 nitrogen and oxygen atoms in total. The second kappa shape index (κ2) is 11.9. The van der Waals surface area contributed by atoms with Crippen molar-refractivity contribution in [1.29, 1.82) is 0 Å². The minimum atomic E-state index is -0.957. The number of phenols is 1. The van der Waals surface area contributed by atoms with E-state index >= 15 is 0 Å². The summed E-state index contributed by atoms with van der Waals surface area (Å²) in [6.45, 7) is 1.95. The first-order valence-corrected chi connectivity index (χ1v) is 12.0. The van der Waals surface area contributed by atoms with E-state index in [9.17, 15) is 14.7 Å². The van der Waals surface area contributed by atoms with Crippen molar-refractivity contribution in [1.82, 2.24) is 0 Å². The molecule has 0 aromatic heterocycles. The second-order valence-electron chi connectivity index (χ2n) is 8.67. The molecule has 0 radical (unpaired) electrons. The number of nitrogens with two attached hydrogens (primary N) is 1. The molecule has 8 heteroatoms. The summed E-state index contributed by atoms with van der Waals surface area (Å²) in [5.41, 5.74) is 9.05. The van der Waals surface area contributed by atoms with Crippen LogP contribution in [0.5, 0.6) is 5.75 Å². The molecule has 0 fully saturated rings. The van der Waals surface area contributed by atoms with Gasteiger partial charge in [0.25, 0.3) is 0 Å². The van der Waals surface area contributed by atoms with Gasteiger partial charge in [0, 0.05) is 29.8 Å². The Morgan fingerprint density at radius 3 is 2.29 bits per heavy atom. The fourth-order valence-corrected chi connectivity index (χ4v) is 4.03. The highest BCUT2D eigenvalue weighted by Gasteiger charge is 2.28. The number of methoxy groups -OCH3 is 1. The van der Waals surface area contributed by atoms with Crippen molar-refractivity contribution in [3.63, 3.8) is 0 Å². The van der Waals surface area contributed by atoms with Crippen molar-refractivity contribution in [2.75, 3.05) is 23.5 Å². The quantitative estimate of drug-likeness (QED) is 0.172. The molecule has 0 unspecified atom stereocenters. The highest BCUT2D eigenvalue weighted by atomic mass is 16.6. The van der Waals surface area contributed by atoms with Crippen LogP contribution in [-0.2, 0) is 14.3 Å². The predicted octanol–water partition coefficient (Wildman–Crippen LogP) is 5.94. The summed E-state index contributed by atoms with van der Waals surface area (Å²) in [6, 6.07) is 24.6. The average Bonchev–Trinajstić information content (AvgIpc) is 2.91. The number of rotatable bonds is 8. The van der Waals surface area contributed by atoms with Crippen LogP contribution in [0.25, 0.3) is 10.8 Å². The Morgan fingerprint density at radius 1 is 0.895 bits per heavy atom. The Morgan fingerprint density at radius 2 is 1.58 bits per heavy atom. The predicted molar refractivity (Wildman–Crippen MR) is 149 cm³/mol. The summed E-state index contributed by atoms with van der Waals surface area (Å²) in [6.07, 6.45) is 0.317. The first-order chi connectivity index (χ1) is 18.4. The van der Waals surface area contributed by atoms with Gasteiger partial charge >= 0.3 is 6.09 Å². The van der Waals surface area contributed by atoms with Crippen LogP contribution < -0.4 is 16.4 Å². The monoisotopic (exact) mass is 511 g/mol. The Balaban J connectivity index is 1.64. The largest absolute Gasteiger partial charge is 0.507 e. The molecule has 4 aromatic rings. The minimum absolute atomic E-state index is 0.0940. The van der Waals surface area contributed by atoms with Crippen molar-refractivity contribution in [2.45, 2.75) is 19.1 Å². The number of benzene rings is 4. The van der Waals surface area contributed by atoms with Gasteiger partial charge in [-0.2, -0.15) is 0 Å². The van der Waals surface area contributed by atoms with E-state index in [1.165, 1.54) is 25.3 Å². The molecule has 0 aliphatic rings. The molecular formula is C30H29N3O5. The maximum Gasteiger partial charge on any atom is 0.412 e. The topological polar surface area (TPSA) is 123 Å². The fraction of sp³-hybridized carbons (Fsp3) is 0.133. The van der Waals surface area contributed by atoms with Gasteiger partial charge in [-0.25, -0.2) is 4.79 Å². The number of amides is 2. The van der Waals surface area contributed by atoms with Crippen LogP contribution in [0.3, 0.4) is 0 Å². The molecule has 0 saturated heterocycles. The summed E-state index contributed by atoms with van der Waals surface area (Å²) in [4.78, 5) is 25.6. The lowest BCUT2D eigenvalue weighted by Crippen LogP contribution is -2.27. The molecule has 0 aliphatic heterocycles. The first kappa shape index (κ1) is 26.2. The van der Waals surface area contributed by atoms with Crippen LogP contribution in [0.2, 0.25) is 0 Å². The second-order valence-corrected chi connectivity index (χ2v) is 8.67. The van der Waals surface area contributed by atoms with E-state index in [1.54, 1.807) is 54.6 Å². The molecule has 2 amide bonds. The number of anilines is 3. The van der Waals surface area contributed by atoms with E-state index < -0.39 is 24.2 Å². The van der Waals surface area contributed by atoms with Crippen molar-refractivity contribution >= 4 is 39.8 Å². The molecule has 38 heavy (non-hydrogen) atoms. The molecule has 5 N–H and O–H groups in total. The van der Waals surface area contributed by atoms with E-state index in [-0.39, 0.29) is 5.75 Å². The Labute approximate surface area is 220 Å². The van der Waals surface area contributed by atoms with Crippen molar-refractivity contribution < 1.29 is 24.2 Å². The van der Waals surface area contributed by atoms with Crippen molar-refractivity contribution in [3.05, 3.63) is 108 Å². The number of ether oxygens (including phenoxy) is 2. The molecule has 0 saturated carbocycles. The number of phenolic OH excluding ortho intramolecular Hbond substituents is 1. The molecule has 0 bridgehead atoms. The summed E-state index contributed by atoms with van der Waals surface area (Å²) in [5, 5.41) is 17.1.